The van der Waals surface area contributed by atoms with Crippen molar-refractivity contribution in [1.82, 2.24) is 0 Å². The summed E-state index contributed by atoms with van der Waals surface area (Å²) >= 11 is 6.43. The highest BCUT2D eigenvalue weighted by molar-refractivity contribution is 8.67. The summed E-state index contributed by atoms with van der Waals surface area (Å²) in [5, 5.41) is 0. The van der Waals surface area contributed by atoms with E-state index in [1.165, 1.54) is 16.9 Å². The average molecular weight is 324 g/mol. The fourth-order valence-corrected chi connectivity index (χ4v) is 5.69. The molecule has 20 heavy (non-hydrogen) atoms. The molecular formula is C15H17O2PS2. The quantitative estimate of drug-likeness (QED) is 0.785. The number of hydrogen-bond donors (Lipinski definition) is 1. The zero-order valence-corrected chi connectivity index (χ0v) is 13.8. The van der Waals surface area contributed by atoms with Gasteiger partial charge in [-0.1, -0.05) is 48.5 Å². The van der Waals surface area contributed by atoms with Crippen molar-refractivity contribution in [3.05, 3.63) is 65.7 Å². The summed E-state index contributed by atoms with van der Waals surface area (Å²) in [4.78, 5) is 11.1. The van der Waals surface area contributed by atoms with Gasteiger partial charge in [0.25, 0.3) is 0 Å². The third-order valence-corrected chi connectivity index (χ3v) is 6.71. The highest BCUT2D eigenvalue weighted by atomic mass is 32.9. The van der Waals surface area contributed by atoms with Gasteiger partial charge >= 0.3 is 0 Å². The second-order valence-corrected chi connectivity index (χ2v) is 10.3. The molecule has 1 atom stereocenters. The summed E-state index contributed by atoms with van der Waals surface area (Å²) in [5.74, 6) is 0. The molecule has 0 aromatic heterocycles. The third-order valence-electron chi connectivity index (χ3n) is 2.72. The molecule has 1 unspecified atom stereocenters. The fourth-order valence-electron chi connectivity index (χ4n) is 1.87. The predicted molar refractivity (Wildman–Crippen MR) is 89.7 cm³/mol. The summed E-state index contributed by atoms with van der Waals surface area (Å²) in [6.45, 7) is 2.27. The van der Waals surface area contributed by atoms with Crippen molar-refractivity contribution in [2.24, 2.45) is 0 Å². The van der Waals surface area contributed by atoms with Crippen molar-refractivity contribution in [3.8, 4) is 0 Å². The van der Waals surface area contributed by atoms with Gasteiger partial charge in [0.05, 0.1) is 6.61 Å². The number of hydrogen-bond acceptors (Lipinski definition) is 3. The zero-order valence-electron chi connectivity index (χ0n) is 11.2. The summed E-state index contributed by atoms with van der Waals surface area (Å²) in [6.07, 6.45) is 0.825. The number of benzene rings is 2. The summed E-state index contributed by atoms with van der Waals surface area (Å²) in [7, 11) is 0. The van der Waals surface area contributed by atoms with E-state index in [9.17, 15) is 4.89 Å². The van der Waals surface area contributed by atoms with E-state index in [-0.39, 0.29) is 0 Å². The molecule has 0 aliphatic heterocycles. The first-order chi connectivity index (χ1) is 9.61. The van der Waals surface area contributed by atoms with E-state index in [1.807, 2.05) is 43.3 Å². The molecule has 0 radical (unpaired) electrons. The standard InChI is InChI=1S/C15H17O2PS2/c1-2-17-18(16,19)20-15-11-7-6-10-14(15)12-13-8-4-3-5-9-13/h3-11H,2,12H2,1H3,(H,16,19). The van der Waals surface area contributed by atoms with Crippen LogP contribution in [0.5, 0.6) is 0 Å². The van der Waals surface area contributed by atoms with Gasteiger partial charge in [0.1, 0.15) is 0 Å². The van der Waals surface area contributed by atoms with Crippen molar-refractivity contribution < 1.29 is 9.42 Å². The van der Waals surface area contributed by atoms with Gasteiger partial charge < -0.3 is 9.42 Å². The predicted octanol–water partition coefficient (Wildman–Crippen LogP) is 4.62. The maximum atomic E-state index is 10.1. The maximum Gasteiger partial charge on any atom is 0.249 e. The minimum atomic E-state index is -2.80. The zero-order chi connectivity index (χ0) is 14.4. The van der Waals surface area contributed by atoms with E-state index < -0.39 is 5.69 Å². The molecular weight excluding hydrogens is 307 g/mol. The topological polar surface area (TPSA) is 29.5 Å². The van der Waals surface area contributed by atoms with Crippen LogP contribution in [0.25, 0.3) is 0 Å². The van der Waals surface area contributed by atoms with Gasteiger partial charge in [-0.05, 0) is 53.7 Å². The molecule has 2 aromatic rings. The Morgan fingerprint density at radius 1 is 1.10 bits per heavy atom. The Bertz CT molecular complexity index is 602. The summed E-state index contributed by atoms with van der Waals surface area (Å²) < 4.78 is 5.28. The van der Waals surface area contributed by atoms with Gasteiger partial charge in [0.15, 0.2) is 0 Å². The molecule has 0 amide bonds. The van der Waals surface area contributed by atoms with Gasteiger partial charge in [-0.2, -0.15) is 0 Å². The maximum absolute atomic E-state index is 10.1. The van der Waals surface area contributed by atoms with E-state index in [1.54, 1.807) is 0 Å². The van der Waals surface area contributed by atoms with Crippen LogP contribution in [0.3, 0.4) is 0 Å². The van der Waals surface area contributed by atoms with Crippen LogP contribution in [0.1, 0.15) is 18.1 Å². The Balaban J connectivity index is 2.20. The van der Waals surface area contributed by atoms with Gasteiger partial charge in [-0.25, -0.2) is 0 Å². The molecule has 1 N–H and O–H groups in total. The van der Waals surface area contributed by atoms with E-state index in [0.717, 1.165) is 16.9 Å². The van der Waals surface area contributed by atoms with Crippen LogP contribution in [0.4, 0.5) is 0 Å². The van der Waals surface area contributed by atoms with Crippen LogP contribution in [0.2, 0.25) is 0 Å². The van der Waals surface area contributed by atoms with E-state index in [2.05, 4.69) is 18.2 Å². The van der Waals surface area contributed by atoms with Crippen molar-refractivity contribution in [1.29, 1.82) is 0 Å². The van der Waals surface area contributed by atoms with Crippen LogP contribution < -0.4 is 0 Å². The van der Waals surface area contributed by atoms with Gasteiger partial charge in [0, 0.05) is 4.90 Å². The van der Waals surface area contributed by atoms with Gasteiger partial charge in [-0.3, -0.25) is 0 Å². The lowest BCUT2D eigenvalue weighted by atomic mass is 10.1. The Morgan fingerprint density at radius 2 is 1.75 bits per heavy atom. The second kappa shape index (κ2) is 7.39. The molecule has 0 fully saturated rings. The van der Waals surface area contributed by atoms with E-state index in [4.69, 9.17) is 16.3 Å². The smallest absolute Gasteiger partial charge is 0.249 e. The van der Waals surface area contributed by atoms with Crippen LogP contribution in [-0.2, 0) is 22.8 Å². The molecule has 2 nitrogen and oxygen atoms in total. The normalized spacial score (nSPS) is 13.9. The molecule has 5 heteroatoms. The molecule has 0 saturated heterocycles. The van der Waals surface area contributed by atoms with Crippen molar-refractivity contribution >= 4 is 28.9 Å². The SMILES string of the molecule is CCOP(O)(=S)Sc1ccccc1Cc1ccccc1. The van der Waals surface area contributed by atoms with Crippen LogP contribution in [0, 0.1) is 0 Å². The highest BCUT2D eigenvalue weighted by Crippen LogP contribution is 2.60. The monoisotopic (exact) mass is 324 g/mol. The first-order valence-electron chi connectivity index (χ1n) is 6.39. The second-order valence-electron chi connectivity index (χ2n) is 4.25. The Kier molecular flexibility index (Phi) is 5.82. The summed E-state index contributed by atoms with van der Waals surface area (Å²) in [6, 6.07) is 18.3. The first-order valence-corrected chi connectivity index (χ1v) is 10.5. The van der Waals surface area contributed by atoms with Crippen molar-refractivity contribution in [2.45, 2.75) is 18.2 Å². The molecule has 106 valence electrons. The lowest BCUT2D eigenvalue weighted by Crippen LogP contribution is -1.91. The molecule has 0 bridgehead atoms. The van der Waals surface area contributed by atoms with Crippen molar-refractivity contribution in [2.75, 3.05) is 6.61 Å². The van der Waals surface area contributed by atoms with Gasteiger partial charge in [0.2, 0.25) is 5.69 Å². The van der Waals surface area contributed by atoms with Crippen LogP contribution in [-0.4, -0.2) is 11.5 Å². The highest BCUT2D eigenvalue weighted by Gasteiger charge is 2.17. The number of rotatable bonds is 6. The van der Waals surface area contributed by atoms with Crippen LogP contribution in [0.15, 0.2) is 59.5 Å². The van der Waals surface area contributed by atoms with Crippen molar-refractivity contribution in [3.63, 3.8) is 0 Å². The molecule has 0 saturated carbocycles. The van der Waals surface area contributed by atoms with E-state index in [0.29, 0.717) is 6.61 Å². The lowest BCUT2D eigenvalue weighted by Gasteiger charge is -2.16. The first kappa shape index (κ1) is 15.7. The molecule has 0 heterocycles. The van der Waals surface area contributed by atoms with E-state index >= 15 is 0 Å². The minimum absolute atomic E-state index is 0.432. The molecule has 0 aliphatic rings. The Labute approximate surface area is 129 Å². The fraction of sp³-hybridized carbons (Fsp3) is 0.200. The van der Waals surface area contributed by atoms with Gasteiger partial charge in [-0.15, -0.1) is 0 Å². The van der Waals surface area contributed by atoms with Crippen LogP contribution >= 0.6 is 17.1 Å². The average Bonchev–Trinajstić information content (AvgIpc) is 2.42. The molecule has 2 aromatic carbocycles. The molecule has 2 rings (SSSR count). The largest absolute Gasteiger partial charge is 0.337 e. The summed E-state index contributed by atoms with van der Waals surface area (Å²) in [5.41, 5.74) is -0.398. The molecule has 0 spiro atoms. The molecule has 0 aliphatic carbocycles. The minimum Gasteiger partial charge on any atom is -0.337 e. The third kappa shape index (κ3) is 4.72. The lowest BCUT2D eigenvalue weighted by molar-refractivity contribution is 0.341. The Hall–Kier alpha value is -0.640. The Morgan fingerprint density at radius 3 is 2.45 bits per heavy atom.